The molecule has 132 valence electrons. The maximum atomic E-state index is 12.2. The lowest BCUT2D eigenvalue weighted by molar-refractivity contribution is -0.132. The lowest BCUT2D eigenvalue weighted by Crippen LogP contribution is -2.23. The molecule has 1 aliphatic rings. The van der Waals surface area contributed by atoms with Gasteiger partial charge in [0.25, 0.3) is 0 Å². The molecule has 3 rings (SSSR count). The second kappa shape index (κ2) is 6.35. The molecular formula is C19H23N3O3. The van der Waals surface area contributed by atoms with Crippen LogP contribution in [0.3, 0.4) is 0 Å². The van der Waals surface area contributed by atoms with Gasteiger partial charge in [-0.25, -0.2) is 0 Å². The van der Waals surface area contributed by atoms with Crippen LogP contribution in [0.4, 0.5) is 5.82 Å². The third kappa shape index (κ3) is 3.04. The average Bonchev–Trinajstić information content (AvgIpc) is 2.85. The number of fused-ring (bicyclic) bond motifs is 1. The summed E-state index contributed by atoms with van der Waals surface area (Å²) >= 11 is 0. The van der Waals surface area contributed by atoms with E-state index in [1.54, 1.807) is 0 Å². The predicted molar refractivity (Wildman–Crippen MR) is 95.0 cm³/mol. The van der Waals surface area contributed by atoms with Gasteiger partial charge in [-0.3, -0.25) is 14.3 Å². The second-order valence-corrected chi connectivity index (χ2v) is 6.55. The number of aromatic nitrogens is 2. The summed E-state index contributed by atoms with van der Waals surface area (Å²) in [5.74, 6) is 0.835. The highest BCUT2D eigenvalue weighted by molar-refractivity contribution is 5.94. The third-order valence-corrected chi connectivity index (χ3v) is 4.68. The first-order chi connectivity index (χ1) is 11.8. The molecule has 1 aromatic carbocycles. The molecule has 0 saturated carbocycles. The highest BCUT2D eigenvalue weighted by Crippen LogP contribution is 2.40. The van der Waals surface area contributed by atoms with Crippen molar-refractivity contribution in [1.82, 2.24) is 9.78 Å². The van der Waals surface area contributed by atoms with Gasteiger partial charge in [-0.1, -0.05) is 12.1 Å². The SMILES string of the molecule is CCn1nc2c(c1C)[C@@H](c1cc(C)c(OC(C)=O)c(C)c1)CC(=O)N2. The van der Waals surface area contributed by atoms with Crippen molar-refractivity contribution in [3.05, 3.63) is 40.1 Å². The number of benzene rings is 1. The van der Waals surface area contributed by atoms with Crippen molar-refractivity contribution in [2.45, 2.75) is 53.5 Å². The fourth-order valence-electron chi connectivity index (χ4n) is 3.62. The van der Waals surface area contributed by atoms with E-state index in [2.05, 4.69) is 10.4 Å². The van der Waals surface area contributed by atoms with Gasteiger partial charge in [0.05, 0.1) is 0 Å². The number of carbonyl (C=O) groups excluding carboxylic acids is 2. The molecule has 0 saturated heterocycles. The van der Waals surface area contributed by atoms with Crippen LogP contribution in [-0.2, 0) is 16.1 Å². The largest absolute Gasteiger partial charge is 0.426 e. The lowest BCUT2D eigenvalue weighted by atomic mass is 9.84. The highest BCUT2D eigenvalue weighted by atomic mass is 16.5. The van der Waals surface area contributed by atoms with E-state index in [1.807, 2.05) is 44.5 Å². The summed E-state index contributed by atoms with van der Waals surface area (Å²) in [6.07, 6.45) is 0.384. The Morgan fingerprint density at radius 2 is 1.96 bits per heavy atom. The van der Waals surface area contributed by atoms with Crippen molar-refractivity contribution in [2.24, 2.45) is 0 Å². The van der Waals surface area contributed by atoms with Gasteiger partial charge < -0.3 is 10.1 Å². The summed E-state index contributed by atoms with van der Waals surface area (Å²) in [7, 11) is 0. The minimum absolute atomic E-state index is 0.0300. The maximum Gasteiger partial charge on any atom is 0.308 e. The topological polar surface area (TPSA) is 73.2 Å². The maximum absolute atomic E-state index is 12.2. The van der Waals surface area contributed by atoms with Crippen LogP contribution >= 0.6 is 0 Å². The zero-order valence-electron chi connectivity index (χ0n) is 15.3. The molecule has 6 nitrogen and oxygen atoms in total. The van der Waals surface area contributed by atoms with Crippen molar-refractivity contribution in [3.8, 4) is 5.75 Å². The molecule has 1 amide bonds. The molecule has 0 radical (unpaired) electrons. The number of amides is 1. The predicted octanol–water partition coefficient (Wildman–Crippen LogP) is 3.23. The Morgan fingerprint density at radius 1 is 1.32 bits per heavy atom. The molecule has 1 aromatic heterocycles. The Bertz CT molecular complexity index is 844. The van der Waals surface area contributed by atoms with Crippen LogP contribution in [0.25, 0.3) is 0 Å². The Kier molecular flexibility index (Phi) is 4.37. The van der Waals surface area contributed by atoms with E-state index in [1.165, 1.54) is 6.92 Å². The Labute approximate surface area is 147 Å². The fraction of sp³-hybridized carbons (Fsp3) is 0.421. The van der Waals surface area contributed by atoms with Gasteiger partial charge in [-0.2, -0.15) is 5.10 Å². The molecule has 1 N–H and O–H groups in total. The van der Waals surface area contributed by atoms with Crippen LogP contribution in [0, 0.1) is 20.8 Å². The van der Waals surface area contributed by atoms with Crippen LogP contribution in [-0.4, -0.2) is 21.7 Å². The summed E-state index contributed by atoms with van der Waals surface area (Å²) in [5, 5.41) is 7.39. The van der Waals surface area contributed by atoms with Crippen LogP contribution in [0.5, 0.6) is 5.75 Å². The van der Waals surface area contributed by atoms with Gasteiger partial charge in [0.15, 0.2) is 5.82 Å². The summed E-state index contributed by atoms with van der Waals surface area (Å²) in [6, 6.07) is 4.00. The molecule has 1 aliphatic heterocycles. The standard InChI is InChI=1S/C19H23N3O3/c1-6-22-12(4)17-15(9-16(24)20-19(17)21-22)14-7-10(2)18(11(3)8-14)25-13(5)23/h7-8,15H,6,9H2,1-5H3,(H,20,21,24)/t15-/m1/s1. The van der Waals surface area contributed by atoms with Crippen molar-refractivity contribution < 1.29 is 14.3 Å². The van der Waals surface area contributed by atoms with Gasteiger partial charge in [0.1, 0.15) is 5.75 Å². The van der Waals surface area contributed by atoms with Gasteiger partial charge in [-0.05, 0) is 44.4 Å². The normalized spacial score (nSPS) is 16.4. The fourth-order valence-corrected chi connectivity index (χ4v) is 3.62. The van der Waals surface area contributed by atoms with Crippen LogP contribution < -0.4 is 10.1 Å². The number of nitrogens with zero attached hydrogens (tertiary/aromatic N) is 2. The number of hydrogen-bond acceptors (Lipinski definition) is 4. The van der Waals surface area contributed by atoms with E-state index in [0.29, 0.717) is 18.0 Å². The first-order valence-electron chi connectivity index (χ1n) is 8.48. The van der Waals surface area contributed by atoms with E-state index in [0.717, 1.165) is 34.5 Å². The molecule has 0 spiro atoms. The number of nitrogens with one attached hydrogen (secondary N) is 1. The van der Waals surface area contributed by atoms with E-state index in [-0.39, 0.29) is 17.8 Å². The second-order valence-electron chi connectivity index (χ2n) is 6.55. The van der Waals surface area contributed by atoms with Crippen LogP contribution in [0.1, 0.15) is 54.1 Å². The Morgan fingerprint density at radius 3 is 2.52 bits per heavy atom. The van der Waals surface area contributed by atoms with Gasteiger partial charge >= 0.3 is 5.97 Å². The van der Waals surface area contributed by atoms with Crippen LogP contribution in [0.2, 0.25) is 0 Å². The number of anilines is 1. The number of aryl methyl sites for hydroxylation is 3. The van der Waals surface area contributed by atoms with E-state index in [9.17, 15) is 9.59 Å². The molecule has 25 heavy (non-hydrogen) atoms. The van der Waals surface area contributed by atoms with E-state index < -0.39 is 0 Å². The van der Waals surface area contributed by atoms with Crippen molar-refractivity contribution in [3.63, 3.8) is 0 Å². The number of ether oxygens (including phenoxy) is 1. The summed E-state index contributed by atoms with van der Waals surface area (Å²) in [6.45, 7) is 10.1. The summed E-state index contributed by atoms with van der Waals surface area (Å²) in [4.78, 5) is 23.5. The van der Waals surface area contributed by atoms with Gasteiger partial charge in [0.2, 0.25) is 5.91 Å². The number of esters is 1. The Hall–Kier alpha value is -2.63. The molecule has 0 bridgehead atoms. The molecule has 1 atom stereocenters. The molecule has 6 heteroatoms. The number of carbonyl (C=O) groups is 2. The van der Waals surface area contributed by atoms with Gasteiger partial charge in [-0.15, -0.1) is 0 Å². The summed E-state index contributed by atoms with van der Waals surface area (Å²) < 4.78 is 7.23. The van der Waals surface area contributed by atoms with E-state index in [4.69, 9.17) is 4.74 Å². The molecule has 2 heterocycles. The van der Waals surface area contributed by atoms with Crippen molar-refractivity contribution in [1.29, 1.82) is 0 Å². The monoisotopic (exact) mass is 341 g/mol. The number of rotatable bonds is 3. The number of hydrogen-bond donors (Lipinski definition) is 1. The molecule has 0 fully saturated rings. The Balaban J connectivity index is 2.10. The van der Waals surface area contributed by atoms with Gasteiger partial charge in [0, 0.05) is 37.1 Å². The quantitative estimate of drug-likeness (QED) is 0.687. The zero-order chi connectivity index (χ0) is 18.3. The smallest absolute Gasteiger partial charge is 0.308 e. The third-order valence-electron chi connectivity index (χ3n) is 4.68. The molecular weight excluding hydrogens is 318 g/mol. The van der Waals surface area contributed by atoms with Crippen molar-refractivity contribution in [2.75, 3.05) is 5.32 Å². The highest BCUT2D eigenvalue weighted by Gasteiger charge is 2.32. The molecule has 2 aromatic rings. The van der Waals surface area contributed by atoms with Crippen molar-refractivity contribution >= 4 is 17.7 Å². The first kappa shape index (κ1) is 17.2. The van der Waals surface area contributed by atoms with E-state index >= 15 is 0 Å². The summed E-state index contributed by atoms with van der Waals surface area (Å²) in [5.41, 5.74) is 4.96. The molecule has 0 aliphatic carbocycles. The van der Waals surface area contributed by atoms with Crippen LogP contribution in [0.15, 0.2) is 12.1 Å². The molecule has 0 unspecified atom stereocenters. The minimum atomic E-state index is -0.335. The first-order valence-corrected chi connectivity index (χ1v) is 8.48. The average molecular weight is 341 g/mol. The minimum Gasteiger partial charge on any atom is -0.426 e. The zero-order valence-corrected chi connectivity index (χ0v) is 15.3. The lowest BCUT2D eigenvalue weighted by Gasteiger charge is -2.24.